The molecule has 5 nitrogen and oxygen atoms in total. The fourth-order valence-corrected chi connectivity index (χ4v) is 3.31. The van der Waals surface area contributed by atoms with Crippen molar-refractivity contribution in [3.63, 3.8) is 0 Å². The highest BCUT2D eigenvalue weighted by Gasteiger charge is 2.15. The third-order valence-corrected chi connectivity index (χ3v) is 5.03. The van der Waals surface area contributed by atoms with Gasteiger partial charge < -0.3 is 0 Å². The second-order valence-electron chi connectivity index (χ2n) is 6.31. The molecular weight excluding hydrogens is 450 g/mol. The normalized spacial score (nSPS) is 10.9. The molecule has 0 saturated carbocycles. The number of rotatable bonds is 4. The number of fused-ring (bicyclic) bond motifs is 1. The molecule has 0 aliphatic carbocycles. The molecule has 4 aromatic rings. The summed E-state index contributed by atoms with van der Waals surface area (Å²) >= 11 is 18.0. The quantitative estimate of drug-likeness (QED) is 0.300. The Morgan fingerprint density at radius 1 is 0.933 bits per heavy atom. The van der Waals surface area contributed by atoms with Gasteiger partial charge in [-0.1, -0.05) is 35.3 Å². The standard InChI is InChI=1S/C21H12Cl3FN4O/c22-10-19(30)29-21-27-17(11-1-3-13(23)4-2-11)9-18(28-21)15-8-12-7-14(25)5-6-16(12)26-20(15)24/h1-9H,10H2,(H,27,28,29,30). The van der Waals surface area contributed by atoms with Crippen LogP contribution in [0.25, 0.3) is 33.4 Å². The number of hydrogen-bond donors (Lipinski definition) is 1. The zero-order chi connectivity index (χ0) is 21.3. The van der Waals surface area contributed by atoms with Crippen molar-refractivity contribution in [1.29, 1.82) is 0 Å². The molecule has 0 aliphatic heterocycles. The molecule has 0 bridgehead atoms. The maximum absolute atomic E-state index is 13.7. The van der Waals surface area contributed by atoms with Crippen molar-refractivity contribution in [1.82, 2.24) is 15.0 Å². The molecule has 0 radical (unpaired) electrons. The van der Waals surface area contributed by atoms with Crippen LogP contribution >= 0.6 is 34.8 Å². The molecule has 1 amide bonds. The van der Waals surface area contributed by atoms with E-state index in [4.69, 9.17) is 34.8 Å². The smallest absolute Gasteiger partial charge is 0.241 e. The molecule has 0 saturated heterocycles. The predicted octanol–water partition coefficient (Wildman–Crippen LogP) is 5.98. The molecule has 0 atom stereocenters. The fourth-order valence-electron chi connectivity index (χ4n) is 2.87. The predicted molar refractivity (Wildman–Crippen MR) is 118 cm³/mol. The van der Waals surface area contributed by atoms with E-state index in [0.717, 1.165) is 5.56 Å². The van der Waals surface area contributed by atoms with Gasteiger partial charge in [0.2, 0.25) is 11.9 Å². The molecule has 2 heterocycles. The summed E-state index contributed by atoms with van der Waals surface area (Å²) < 4.78 is 13.7. The van der Waals surface area contributed by atoms with Gasteiger partial charge in [-0.15, -0.1) is 11.6 Å². The maximum atomic E-state index is 13.7. The summed E-state index contributed by atoms with van der Waals surface area (Å²) in [6, 6.07) is 14.6. The second-order valence-corrected chi connectivity index (χ2v) is 7.38. The van der Waals surface area contributed by atoms with E-state index < -0.39 is 11.7 Å². The Hall–Kier alpha value is -2.80. The second kappa shape index (κ2) is 8.52. The number of pyridine rings is 1. The first-order valence-corrected chi connectivity index (χ1v) is 9.99. The maximum Gasteiger partial charge on any atom is 0.241 e. The molecule has 2 aromatic heterocycles. The zero-order valence-electron chi connectivity index (χ0n) is 15.2. The number of alkyl halides is 1. The van der Waals surface area contributed by atoms with E-state index in [1.54, 1.807) is 42.5 Å². The summed E-state index contributed by atoms with van der Waals surface area (Å²) in [5, 5.41) is 3.87. The first kappa shape index (κ1) is 20.5. The van der Waals surface area contributed by atoms with E-state index in [9.17, 15) is 9.18 Å². The lowest BCUT2D eigenvalue weighted by atomic mass is 10.1. The van der Waals surface area contributed by atoms with Crippen molar-refractivity contribution in [3.8, 4) is 22.5 Å². The first-order valence-electron chi connectivity index (χ1n) is 8.70. The van der Waals surface area contributed by atoms with Crippen LogP contribution in [0.4, 0.5) is 10.3 Å². The van der Waals surface area contributed by atoms with Gasteiger partial charge in [-0.05, 0) is 42.5 Å². The van der Waals surface area contributed by atoms with Crippen molar-refractivity contribution in [3.05, 3.63) is 70.6 Å². The molecule has 0 spiro atoms. The lowest BCUT2D eigenvalue weighted by Crippen LogP contribution is -2.15. The number of nitrogens with one attached hydrogen (secondary N) is 1. The largest absolute Gasteiger partial charge is 0.293 e. The SMILES string of the molecule is O=C(CCl)Nc1nc(-c2ccc(Cl)cc2)cc(-c2cc3cc(F)ccc3nc2Cl)n1. The van der Waals surface area contributed by atoms with Crippen LogP contribution in [-0.2, 0) is 4.79 Å². The minimum absolute atomic E-state index is 0.0542. The van der Waals surface area contributed by atoms with Gasteiger partial charge in [0.15, 0.2) is 0 Å². The van der Waals surface area contributed by atoms with Gasteiger partial charge in [-0.25, -0.2) is 19.3 Å². The van der Waals surface area contributed by atoms with Crippen LogP contribution in [0.15, 0.2) is 54.6 Å². The Bertz CT molecular complexity index is 1270. The van der Waals surface area contributed by atoms with Crippen LogP contribution in [0.1, 0.15) is 0 Å². The molecule has 0 aliphatic rings. The van der Waals surface area contributed by atoms with E-state index in [2.05, 4.69) is 20.3 Å². The van der Waals surface area contributed by atoms with Crippen molar-refractivity contribution in [2.45, 2.75) is 0 Å². The summed E-state index contributed by atoms with van der Waals surface area (Å²) in [6.07, 6.45) is 0. The Kier molecular flexibility index (Phi) is 5.81. The highest BCUT2D eigenvalue weighted by molar-refractivity contribution is 6.32. The summed E-state index contributed by atoms with van der Waals surface area (Å²) in [5.41, 5.74) is 2.70. The lowest BCUT2D eigenvalue weighted by Gasteiger charge is -2.11. The Labute approximate surface area is 185 Å². The van der Waals surface area contributed by atoms with Crippen LogP contribution in [0.2, 0.25) is 10.2 Å². The third kappa shape index (κ3) is 4.36. The third-order valence-electron chi connectivity index (χ3n) is 4.24. The van der Waals surface area contributed by atoms with Gasteiger partial charge in [-0.3, -0.25) is 10.1 Å². The van der Waals surface area contributed by atoms with E-state index in [1.165, 1.54) is 12.1 Å². The van der Waals surface area contributed by atoms with E-state index in [-0.39, 0.29) is 17.0 Å². The van der Waals surface area contributed by atoms with Crippen molar-refractivity contribution >= 4 is 57.6 Å². The monoisotopic (exact) mass is 460 g/mol. The summed E-state index contributed by atoms with van der Waals surface area (Å²) in [7, 11) is 0. The van der Waals surface area contributed by atoms with Crippen molar-refractivity contribution in [2.75, 3.05) is 11.2 Å². The molecular formula is C21H12Cl3FN4O. The molecule has 0 fully saturated rings. The van der Waals surface area contributed by atoms with E-state index >= 15 is 0 Å². The lowest BCUT2D eigenvalue weighted by molar-refractivity contribution is -0.114. The molecule has 1 N–H and O–H groups in total. The summed E-state index contributed by atoms with van der Waals surface area (Å²) in [5.74, 6) is -1.04. The summed E-state index contributed by atoms with van der Waals surface area (Å²) in [4.78, 5) is 24.9. The topological polar surface area (TPSA) is 67.8 Å². The zero-order valence-corrected chi connectivity index (χ0v) is 17.4. The number of benzene rings is 2. The average Bonchev–Trinajstić information content (AvgIpc) is 2.73. The number of hydrogen-bond acceptors (Lipinski definition) is 4. The molecule has 150 valence electrons. The molecule has 30 heavy (non-hydrogen) atoms. The molecule has 4 rings (SSSR count). The van der Waals surface area contributed by atoms with Gasteiger partial charge in [-0.2, -0.15) is 0 Å². The van der Waals surface area contributed by atoms with Gasteiger partial charge in [0, 0.05) is 21.5 Å². The Morgan fingerprint density at radius 3 is 2.40 bits per heavy atom. The van der Waals surface area contributed by atoms with Crippen molar-refractivity contribution in [2.24, 2.45) is 0 Å². The number of aromatic nitrogens is 3. The van der Waals surface area contributed by atoms with Crippen LogP contribution < -0.4 is 5.32 Å². The van der Waals surface area contributed by atoms with E-state index in [1.807, 2.05) is 0 Å². The number of nitrogens with zero attached hydrogens (tertiary/aromatic N) is 3. The van der Waals surface area contributed by atoms with Crippen LogP contribution in [0, 0.1) is 5.82 Å². The van der Waals surface area contributed by atoms with Gasteiger partial charge in [0.1, 0.15) is 16.9 Å². The Morgan fingerprint density at radius 2 is 1.67 bits per heavy atom. The Balaban J connectivity index is 1.89. The summed E-state index contributed by atoms with van der Waals surface area (Å²) in [6.45, 7) is 0. The number of anilines is 1. The van der Waals surface area contributed by atoms with Crippen LogP contribution in [0.5, 0.6) is 0 Å². The molecule has 0 unspecified atom stereocenters. The van der Waals surface area contributed by atoms with Crippen LogP contribution in [0.3, 0.4) is 0 Å². The minimum atomic E-state index is -0.458. The fraction of sp³-hybridized carbons (Fsp3) is 0.0476. The van der Waals surface area contributed by atoms with Gasteiger partial charge in [0.25, 0.3) is 0 Å². The van der Waals surface area contributed by atoms with Crippen LogP contribution in [-0.4, -0.2) is 26.7 Å². The number of halogens is 4. The number of amides is 1. The molecule has 9 heteroatoms. The van der Waals surface area contributed by atoms with Crippen molar-refractivity contribution < 1.29 is 9.18 Å². The minimum Gasteiger partial charge on any atom is -0.293 e. The average molecular weight is 462 g/mol. The molecule has 2 aromatic carbocycles. The number of carbonyl (C=O) groups excluding carboxylic acids is 1. The first-order chi connectivity index (χ1) is 14.4. The van der Waals surface area contributed by atoms with Gasteiger partial charge >= 0.3 is 0 Å². The van der Waals surface area contributed by atoms with E-state index in [0.29, 0.717) is 32.9 Å². The van der Waals surface area contributed by atoms with Gasteiger partial charge in [0.05, 0.1) is 16.9 Å². The number of carbonyl (C=O) groups is 1. The highest BCUT2D eigenvalue weighted by atomic mass is 35.5. The highest BCUT2D eigenvalue weighted by Crippen LogP contribution is 2.32.